The topological polar surface area (TPSA) is 0 Å². The molecule has 0 aromatic rings. The lowest BCUT2D eigenvalue weighted by atomic mass is 9.63. The molecule has 4 unspecified atom stereocenters. The van der Waals surface area contributed by atoms with E-state index in [1.807, 2.05) is 0 Å². The Morgan fingerprint density at radius 3 is 1.94 bits per heavy atom. The summed E-state index contributed by atoms with van der Waals surface area (Å²) in [5, 5.41) is 0. The minimum atomic E-state index is 0.502. The fourth-order valence-corrected chi connectivity index (χ4v) is 4.74. The van der Waals surface area contributed by atoms with Gasteiger partial charge >= 0.3 is 0 Å². The summed E-state index contributed by atoms with van der Waals surface area (Å²) < 4.78 is 0. The Morgan fingerprint density at radius 1 is 0.812 bits per heavy atom. The van der Waals surface area contributed by atoms with E-state index in [9.17, 15) is 0 Å². The third-order valence-corrected chi connectivity index (χ3v) is 5.28. The molecule has 16 heavy (non-hydrogen) atoms. The van der Waals surface area contributed by atoms with Crippen molar-refractivity contribution in [1.29, 1.82) is 0 Å². The molecule has 0 N–H and O–H groups in total. The van der Waals surface area contributed by atoms with E-state index in [1.54, 1.807) is 0 Å². The van der Waals surface area contributed by atoms with Crippen LogP contribution in [0.2, 0.25) is 0 Å². The highest BCUT2D eigenvalue weighted by Crippen LogP contribution is 2.60. The zero-order valence-electron chi connectivity index (χ0n) is 12.1. The van der Waals surface area contributed by atoms with Crippen molar-refractivity contribution in [3.63, 3.8) is 0 Å². The van der Waals surface area contributed by atoms with E-state index in [2.05, 4.69) is 41.5 Å². The van der Waals surface area contributed by atoms with Gasteiger partial charge < -0.3 is 0 Å². The second-order valence-electron chi connectivity index (χ2n) is 8.45. The molecular weight excluding hydrogens is 192 g/mol. The molecule has 0 spiro atoms. The van der Waals surface area contributed by atoms with Gasteiger partial charge in [-0.15, -0.1) is 0 Å². The number of hydrogen-bond acceptors (Lipinski definition) is 0. The van der Waals surface area contributed by atoms with Crippen molar-refractivity contribution in [2.75, 3.05) is 0 Å². The largest absolute Gasteiger partial charge is 0.0599 e. The summed E-state index contributed by atoms with van der Waals surface area (Å²) in [6.07, 6.45) is 6.04. The van der Waals surface area contributed by atoms with Gasteiger partial charge in [0, 0.05) is 0 Å². The Balaban J connectivity index is 2.27. The van der Waals surface area contributed by atoms with Gasteiger partial charge in [0.25, 0.3) is 0 Å². The lowest BCUT2D eigenvalue weighted by Gasteiger charge is -2.42. The smallest absolute Gasteiger partial charge is 0.0301 e. The molecule has 0 aromatic carbocycles. The Hall–Kier alpha value is 0. The molecule has 0 aromatic heterocycles. The Labute approximate surface area is 102 Å². The quantitative estimate of drug-likeness (QED) is 0.533. The van der Waals surface area contributed by atoms with Gasteiger partial charge in [-0.05, 0) is 47.3 Å². The van der Waals surface area contributed by atoms with Crippen molar-refractivity contribution >= 4 is 0 Å². The normalized spacial score (nSPS) is 40.1. The molecule has 0 radical (unpaired) electrons. The first-order valence-electron chi connectivity index (χ1n) is 7.21. The van der Waals surface area contributed by atoms with Crippen LogP contribution in [-0.4, -0.2) is 0 Å². The SMILES string of the molecule is CC(C)(C)C1CC2CCCC2C1C(C)(C)C. The fraction of sp³-hybridized carbons (Fsp3) is 1.00. The fourth-order valence-electron chi connectivity index (χ4n) is 4.74. The molecule has 2 fully saturated rings. The summed E-state index contributed by atoms with van der Waals surface area (Å²) in [4.78, 5) is 0. The van der Waals surface area contributed by atoms with Gasteiger partial charge in [-0.25, -0.2) is 0 Å². The van der Waals surface area contributed by atoms with Crippen LogP contribution in [0.25, 0.3) is 0 Å². The van der Waals surface area contributed by atoms with Crippen molar-refractivity contribution < 1.29 is 0 Å². The van der Waals surface area contributed by atoms with Gasteiger partial charge in [0.2, 0.25) is 0 Å². The average Bonchev–Trinajstić information content (AvgIpc) is 2.53. The number of rotatable bonds is 0. The maximum Gasteiger partial charge on any atom is -0.0301 e. The van der Waals surface area contributed by atoms with E-state index in [0.717, 1.165) is 23.7 Å². The second kappa shape index (κ2) is 3.75. The molecule has 0 aliphatic heterocycles. The van der Waals surface area contributed by atoms with Gasteiger partial charge in [0.15, 0.2) is 0 Å². The minimum absolute atomic E-state index is 0.502. The average molecular weight is 222 g/mol. The van der Waals surface area contributed by atoms with Crippen LogP contribution >= 0.6 is 0 Å². The summed E-state index contributed by atoms with van der Waals surface area (Å²) in [7, 11) is 0. The van der Waals surface area contributed by atoms with Crippen LogP contribution in [0.1, 0.15) is 67.2 Å². The van der Waals surface area contributed by atoms with Gasteiger partial charge in [-0.3, -0.25) is 0 Å². The van der Waals surface area contributed by atoms with Crippen LogP contribution in [0.5, 0.6) is 0 Å². The highest BCUT2D eigenvalue weighted by molar-refractivity contribution is 5.01. The number of fused-ring (bicyclic) bond motifs is 1. The van der Waals surface area contributed by atoms with Gasteiger partial charge in [0.1, 0.15) is 0 Å². The van der Waals surface area contributed by atoms with Crippen LogP contribution < -0.4 is 0 Å². The first kappa shape index (κ1) is 12.5. The van der Waals surface area contributed by atoms with Gasteiger partial charge in [0.05, 0.1) is 0 Å². The Morgan fingerprint density at radius 2 is 1.44 bits per heavy atom. The molecule has 0 heteroatoms. The van der Waals surface area contributed by atoms with E-state index in [0.29, 0.717) is 10.8 Å². The molecule has 2 rings (SSSR count). The van der Waals surface area contributed by atoms with E-state index < -0.39 is 0 Å². The minimum Gasteiger partial charge on any atom is -0.0599 e. The summed E-state index contributed by atoms with van der Waals surface area (Å²) in [6, 6.07) is 0. The van der Waals surface area contributed by atoms with E-state index >= 15 is 0 Å². The standard InChI is InChI=1S/C16H30/c1-15(2,3)13-10-11-8-7-9-12(11)14(13)16(4,5)6/h11-14H,7-10H2,1-6H3. The Kier molecular flexibility index (Phi) is 2.92. The molecule has 94 valence electrons. The van der Waals surface area contributed by atoms with Crippen LogP contribution in [0.3, 0.4) is 0 Å². The van der Waals surface area contributed by atoms with Crippen LogP contribution in [0, 0.1) is 34.5 Å². The van der Waals surface area contributed by atoms with Gasteiger partial charge in [-0.1, -0.05) is 54.4 Å². The van der Waals surface area contributed by atoms with E-state index in [4.69, 9.17) is 0 Å². The second-order valence-corrected chi connectivity index (χ2v) is 8.45. The lowest BCUT2D eigenvalue weighted by molar-refractivity contribution is 0.0686. The highest BCUT2D eigenvalue weighted by Gasteiger charge is 2.52. The van der Waals surface area contributed by atoms with Gasteiger partial charge in [-0.2, -0.15) is 0 Å². The lowest BCUT2D eigenvalue weighted by Crippen LogP contribution is -2.35. The molecule has 0 heterocycles. The van der Waals surface area contributed by atoms with Crippen molar-refractivity contribution in [2.45, 2.75) is 67.2 Å². The molecule has 2 saturated carbocycles. The summed E-state index contributed by atoms with van der Waals surface area (Å²) in [6.45, 7) is 14.8. The van der Waals surface area contributed by atoms with E-state index in [1.165, 1.54) is 25.7 Å². The molecule has 0 amide bonds. The van der Waals surface area contributed by atoms with Crippen LogP contribution in [-0.2, 0) is 0 Å². The van der Waals surface area contributed by atoms with Crippen molar-refractivity contribution in [2.24, 2.45) is 34.5 Å². The molecule has 2 aliphatic carbocycles. The van der Waals surface area contributed by atoms with Crippen LogP contribution in [0.15, 0.2) is 0 Å². The molecule has 2 aliphatic rings. The monoisotopic (exact) mass is 222 g/mol. The molecule has 0 bridgehead atoms. The third kappa shape index (κ3) is 2.05. The molecule has 0 nitrogen and oxygen atoms in total. The summed E-state index contributed by atoms with van der Waals surface area (Å²) in [5.74, 6) is 4.01. The molecular formula is C16H30. The number of hydrogen-bond donors (Lipinski definition) is 0. The maximum atomic E-state index is 2.47. The van der Waals surface area contributed by atoms with Crippen molar-refractivity contribution in [3.05, 3.63) is 0 Å². The predicted octanol–water partition coefficient (Wildman–Crippen LogP) is 5.13. The maximum absolute atomic E-state index is 2.47. The van der Waals surface area contributed by atoms with E-state index in [-0.39, 0.29) is 0 Å². The van der Waals surface area contributed by atoms with Crippen molar-refractivity contribution in [1.82, 2.24) is 0 Å². The highest BCUT2D eigenvalue weighted by atomic mass is 14.6. The summed E-state index contributed by atoms with van der Waals surface area (Å²) >= 11 is 0. The van der Waals surface area contributed by atoms with Crippen LogP contribution in [0.4, 0.5) is 0 Å². The molecule has 4 atom stereocenters. The molecule has 0 saturated heterocycles. The zero-order valence-corrected chi connectivity index (χ0v) is 12.1. The summed E-state index contributed by atoms with van der Waals surface area (Å²) in [5.41, 5.74) is 1.00. The Bertz CT molecular complexity index is 250. The predicted molar refractivity (Wildman–Crippen MR) is 71.3 cm³/mol. The zero-order chi connectivity index (χ0) is 12.1. The van der Waals surface area contributed by atoms with Crippen molar-refractivity contribution in [3.8, 4) is 0 Å². The third-order valence-electron chi connectivity index (χ3n) is 5.28. The first-order valence-corrected chi connectivity index (χ1v) is 7.21. The first-order chi connectivity index (χ1) is 7.21.